The Morgan fingerprint density at radius 1 is 1.26 bits per heavy atom. The molecule has 1 aromatic heterocycles. The molecule has 0 aromatic carbocycles. The maximum absolute atomic E-state index is 12.5. The first kappa shape index (κ1) is 19.9. The molecule has 8 heteroatoms. The maximum atomic E-state index is 12.5. The van der Waals surface area contributed by atoms with Crippen LogP contribution in [0, 0.1) is 18.8 Å². The van der Waals surface area contributed by atoms with Gasteiger partial charge in [0.25, 0.3) is 0 Å². The zero-order valence-corrected chi connectivity index (χ0v) is 16.8. The number of aromatic nitrogens is 2. The van der Waals surface area contributed by atoms with Crippen LogP contribution in [0.15, 0.2) is 0 Å². The van der Waals surface area contributed by atoms with Crippen molar-refractivity contribution in [3.8, 4) is 0 Å². The van der Waals surface area contributed by atoms with Crippen molar-refractivity contribution in [2.24, 2.45) is 11.8 Å². The van der Waals surface area contributed by atoms with Gasteiger partial charge in [0.05, 0.1) is 0 Å². The topological polar surface area (TPSA) is 101 Å². The minimum absolute atomic E-state index is 0.0144. The molecule has 27 heavy (non-hydrogen) atoms. The first-order valence-corrected chi connectivity index (χ1v) is 10.1. The fourth-order valence-corrected chi connectivity index (χ4v) is 3.93. The molecular formula is C19H28ClN5O2. The van der Waals surface area contributed by atoms with E-state index in [0.717, 1.165) is 57.2 Å². The third kappa shape index (κ3) is 5.09. The number of nitrogens with one attached hydrogen (secondary N) is 1. The second kappa shape index (κ2) is 8.42. The molecule has 0 bridgehead atoms. The van der Waals surface area contributed by atoms with Gasteiger partial charge in [0, 0.05) is 24.6 Å². The van der Waals surface area contributed by atoms with Gasteiger partial charge in [-0.1, -0.05) is 11.6 Å². The molecular weight excluding hydrogens is 366 g/mol. The predicted molar refractivity (Wildman–Crippen MR) is 104 cm³/mol. The third-order valence-electron chi connectivity index (χ3n) is 5.51. The van der Waals surface area contributed by atoms with Crippen molar-refractivity contribution in [3.05, 3.63) is 16.5 Å². The van der Waals surface area contributed by atoms with Crippen LogP contribution in [0.25, 0.3) is 0 Å². The number of hydrogen-bond acceptors (Lipinski definition) is 5. The van der Waals surface area contributed by atoms with E-state index < -0.39 is 6.04 Å². The van der Waals surface area contributed by atoms with Gasteiger partial charge in [0.1, 0.15) is 22.8 Å². The lowest BCUT2D eigenvalue weighted by molar-refractivity contribution is -0.137. The Hall–Kier alpha value is -1.89. The molecule has 3 N–H and O–H groups in total. The zero-order chi connectivity index (χ0) is 19.6. The summed E-state index contributed by atoms with van der Waals surface area (Å²) in [5.41, 5.74) is 6.79. The third-order valence-corrected chi connectivity index (χ3v) is 5.82. The van der Waals surface area contributed by atoms with Gasteiger partial charge in [-0.05, 0) is 58.3 Å². The van der Waals surface area contributed by atoms with E-state index in [4.69, 9.17) is 17.3 Å². The number of nitrogen functional groups attached to an aromatic ring is 1. The van der Waals surface area contributed by atoms with Crippen LogP contribution in [0.4, 0.5) is 5.82 Å². The van der Waals surface area contributed by atoms with Crippen molar-refractivity contribution in [1.82, 2.24) is 20.2 Å². The van der Waals surface area contributed by atoms with E-state index in [0.29, 0.717) is 22.7 Å². The molecule has 1 atom stereocenters. The molecule has 1 saturated carbocycles. The molecule has 2 amide bonds. The van der Waals surface area contributed by atoms with E-state index in [9.17, 15) is 9.59 Å². The van der Waals surface area contributed by atoms with Crippen LogP contribution >= 0.6 is 11.6 Å². The second-order valence-electron chi connectivity index (χ2n) is 7.74. The number of aryl methyl sites for hydroxylation is 1. The average Bonchev–Trinajstić information content (AvgIpc) is 3.46. The summed E-state index contributed by atoms with van der Waals surface area (Å²) in [6.45, 7) is 4.99. The fraction of sp³-hybridized carbons (Fsp3) is 0.684. The van der Waals surface area contributed by atoms with Crippen molar-refractivity contribution in [3.63, 3.8) is 0 Å². The normalized spacial score (nSPS) is 19.0. The van der Waals surface area contributed by atoms with Gasteiger partial charge in [-0.3, -0.25) is 9.59 Å². The average molecular weight is 394 g/mol. The monoisotopic (exact) mass is 393 g/mol. The van der Waals surface area contributed by atoms with Crippen molar-refractivity contribution >= 4 is 29.2 Å². The van der Waals surface area contributed by atoms with Gasteiger partial charge in [0.2, 0.25) is 11.8 Å². The molecule has 1 aliphatic heterocycles. The van der Waals surface area contributed by atoms with Gasteiger partial charge in [-0.25, -0.2) is 9.97 Å². The summed E-state index contributed by atoms with van der Waals surface area (Å²) in [5, 5.41) is 3.28. The number of nitrogens with zero attached hydrogens (tertiary/aromatic N) is 3. The molecule has 1 aliphatic carbocycles. The van der Waals surface area contributed by atoms with Crippen molar-refractivity contribution in [2.75, 3.05) is 18.8 Å². The maximum Gasteiger partial charge on any atom is 0.244 e. The lowest BCUT2D eigenvalue weighted by atomic mass is 9.90. The number of likely N-dealkylation sites (tertiary alicyclic amines) is 1. The Morgan fingerprint density at radius 3 is 2.52 bits per heavy atom. The van der Waals surface area contributed by atoms with Gasteiger partial charge < -0.3 is 16.0 Å². The van der Waals surface area contributed by atoms with Gasteiger partial charge >= 0.3 is 0 Å². The largest absolute Gasteiger partial charge is 0.383 e. The van der Waals surface area contributed by atoms with E-state index in [2.05, 4.69) is 15.3 Å². The highest BCUT2D eigenvalue weighted by Gasteiger charge is 2.33. The number of anilines is 1. The quantitative estimate of drug-likeness (QED) is 0.721. The van der Waals surface area contributed by atoms with Crippen LogP contribution in [-0.4, -0.2) is 45.8 Å². The van der Waals surface area contributed by atoms with Crippen LogP contribution in [0.1, 0.15) is 50.4 Å². The Labute approximate surface area is 165 Å². The highest BCUT2D eigenvalue weighted by atomic mass is 35.5. The Morgan fingerprint density at radius 2 is 1.93 bits per heavy atom. The van der Waals surface area contributed by atoms with Gasteiger partial charge in [0.15, 0.2) is 0 Å². The summed E-state index contributed by atoms with van der Waals surface area (Å²) in [6, 6.07) is -0.446. The molecule has 0 radical (unpaired) electrons. The lowest BCUT2D eigenvalue weighted by Gasteiger charge is -2.33. The molecule has 0 spiro atoms. The van der Waals surface area contributed by atoms with E-state index in [1.807, 2.05) is 4.90 Å². The summed E-state index contributed by atoms with van der Waals surface area (Å²) in [4.78, 5) is 34.6. The summed E-state index contributed by atoms with van der Waals surface area (Å²) in [6.07, 6.45) is 5.47. The van der Waals surface area contributed by atoms with Crippen LogP contribution in [0.3, 0.4) is 0 Å². The minimum atomic E-state index is -0.446. The molecule has 148 valence electrons. The number of rotatable bonds is 6. The predicted octanol–water partition coefficient (Wildman–Crippen LogP) is 2.11. The van der Waals surface area contributed by atoms with E-state index in [1.54, 1.807) is 13.8 Å². The summed E-state index contributed by atoms with van der Waals surface area (Å²) < 4.78 is 0. The number of carbonyl (C=O) groups excluding carboxylic acids is 2. The first-order valence-electron chi connectivity index (χ1n) is 9.72. The fourth-order valence-electron chi connectivity index (χ4n) is 3.62. The molecule has 1 saturated heterocycles. The number of halogens is 1. The van der Waals surface area contributed by atoms with E-state index >= 15 is 0 Å². The Kier molecular flexibility index (Phi) is 6.19. The number of hydrogen-bond donors (Lipinski definition) is 2. The molecule has 3 rings (SSSR count). The molecule has 2 aliphatic rings. The SMILES string of the molecule is Cc1nc(N)c(CCC2CCN(C(=O)C(C)NC(=O)C3CC3)CC2)c(Cl)n1. The van der Waals surface area contributed by atoms with E-state index in [1.165, 1.54) is 0 Å². The van der Waals surface area contributed by atoms with Crippen molar-refractivity contribution in [1.29, 1.82) is 0 Å². The smallest absolute Gasteiger partial charge is 0.244 e. The van der Waals surface area contributed by atoms with Crippen LogP contribution in [0.5, 0.6) is 0 Å². The number of carbonyl (C=O) groups is 2. The molecule has 2 heterocycles. The highest BCUT2D eigenvalue weighted by Crippen LogP contribution is 2.29. The van der Waals surface area contributed by atoms with E-state index in [-0.39, 0.29) is 17.7 Å². The second-order valence-corrected chi connectivity index (χ2v) is 8.10. The van der Waals surface area contributed by atoms with Gasteiger partial charge in [-0.15, -0.1) is 0 Å². The van der Waals surface area contributed by atoms with Crippen LogP contribution in [0.2, 0.25) is 5.15 Å². The number of nitrogens with two attached hydrogens (primary N) is 1. The van der Waals surface area contributed by atoms with Crippen LogP contribution in [-0.2, 0) is 16.0 Å². The molecule has 1 aromatic rings. The van der Waals surface area contributed by atoms with Crippen molar-refractivity contribution < 1.29 is 9.59 Å². The lowest BCUT2D eigenvalue weighted by Crippen LogP contribution is -2.49. The van der Waals surface area contributed by atoms with Crippen LogP contribution < -0.4 is 11.1 Å². The molecule has 7 nitrogen and oxygen atoms in total. The summed E-state index contributed by atoms with van der Waals surface area (Å²) >= 11 is 6.20. The first-order chi connectivity index (χ1) is 12.8. The standard InChI is InChI=1S/C19H28ClN5O2/c1-11(22-18(26)14-4-5-14)19(27)25-9-7-13(8-10-25)3-6-15-16(20)23-12(2)24-17(15)21/h11,13-14H,3-10H2,1-2H3,(H,22,26)(H2,21,23,24). The summed E-state index contributed by atoms with van der Waals surface area (Å²) in [5.74, 6) is 1.71. The minimum Gasteiger partial charge on any atom is -0.383 e. The highest BCUT2D eigenvalue weighted by molar-refractivity contribution is 6.30. The van der Waals surface area contributed by atoms with Crippen molar-refractivity contribution in [2.45, 2.75) is 58.4 Å². The Balaban J connectivity index is 1.44. The molecule has 2 fully saturated rings. The molecule has 1 unspecified atom stereocenters. The zero-order valence-electron chi connectivity index (χ0n) is 16.0. The Bertz CT molecular complexity index is 691. The summed E-state index contributed by atoms with van der Waals surface area (Å²) in [7, 11) is 0. The number of amides is 2. The van der Waals surface area contributed by atoms with Gasteiger partial charge in [-0.2, -0.15) is 0 Å². The number of piperidine rings is 1.